The van der Waals surface area contributed by atoms with Crippen LogP contribution < -0.4 is 17.2 Å². The van der Waals surface area contributed by atoms with Gasteiger partial charge >= 0.3 is 5.97 Å². The molecular weight excluding hydrogens is 197 g/mol. The van der Waals surface area contributed by atoms with Gasteiger partial charge in [-0.05, 0) is 12.8 Å². The van der Waals surface area contributed by atoms with Gasteiger partial charge in [0, 0.05) is 9.24 Å². The number of hydrogen-bond donors (Lipinski definition) is 4. The van der Waals surface area contributed by atoms with E-state index >= 15 is 0 Å². The summed E-state index contributed by atoms with van der Waals surface area (Å²) < 4.78 is 29.3. The van der Waals surface area contributed by atoms with Crippen LogP contribution in [-0.4, -0.2) is 29.6 Å². The Morgan fingerprint density at radius 1 is 1.62 bits per heavy atom. The normalized spacial score (nSPS) is 21.6. The Kier molecular flexibility index (Phi) is 4.34. The van der Waals surface area contributed by atoms with Crippen LogP contribution in [0.3, 0.4) is 0 Å². The molecule has 78 valence electrons. The highest BCUT2D eigenvalue weighted by molar-refractivity contribution is 5.85. The van der Waals surface area contributed by atoms with Crippen molar-refractivity contribution in [2.24, 2.45) is 22.2 Å². The predicted molar refractivity (Wildman–Crippen MR) is 52.8 cm³/mol. The first kappa shape index (κ1) is 7.40. The SMILES string of the molecule is Cl.[2H]C(C([2H])C([2H])([2H])N=C(N)N)[13CH](N)C(=O)O. The number of carboxylic acid groups (broad SMARTS) is 1. The number of halogens is 1. The first-order valence-corrected chi connectivity index (χ1v) is 3.03. The van der Waals surface area contributed by atoms with E-state index in [1.165, 1.54) is 0 Å². The Labute approximate surface area is 88.2 Å². The van der Waals surface area contributed by atoms with E-state index in [1.807, 2.05) is 0 Å². The monoisotopic (exact) mass is 215 g/mol. The van der Waals surface area contributed by atoms with Crippen LogP contribution in [0.4, 0.5) is 0 Å². The van der Waals surface area contributed by atoms with Gasteiger partial charge in [0.15, 0.2) is 5.96 Å². The Morgan fingerprint density at radius 3 is 2.54 bits per heavy atom. The lowest BCUT2D eigenvalue weighted by Crippen LogP contribution is -2.30. The second-order valence-electron chi connectivity index (χ2n) is 1.89. The maximum absolute atomic E-state index is 10.5. The summed E-state index contributed by atoms with van der Waals surface area (Å²) in [4.78, 5) is 13.6. The molecule has 0 spiro atoms. The Balaban J connectivity index is 0. The minimum absolute atomic E-state index is 0. The molecule has 0 amide bonds. The quantitative estimate of drug-likeness (QED) is 0.262. The Morgan fingerprint density at radius 2 is 2.15 bits per heavy atom. The molecule has 3 atom stereocenters. The number of carbonyl (C=O) groups is 1. The number of aliphatic carboxylic acids is 1. The number of hydrogen-bond acceptors (Lipinski definition) is 3. The number of carboxylic acids is 1. The van der Waals surface area contributed by atoms with Gasteiger partial charge in [-0.3, -0.25) is 9.79 Å². The highest BCUT2D eigenvalue weighted by Gasteiger charge is 2.09. The van der Waals surface area contributed by atoms with Gasteiger partial charge in [0.1, 0.15) is 6.04 Å². The summed E-state index contributed by atoms with van der Waals surface area (Å²) in [6, 6.07) is -1.67. The largest absolute Gasteiger partial charge is 0.480 e. The average Bonchev–Trinajstić information content (AvgIpc) is 2.12. The molecule has 0 saturated heterocycles. The van der Waals surface area contributed by atoms with Crippen molar-refractivity contribution in [1.29, 1.82) is 0 Å². The standard InChI is InChI=1S/C6H14N4O2.ClH/c7-4(5(11)12)2-1-3-10-6(8)9;/h4H,1-3,7H2,(H,11,12)(H4,8,9,10);1H/i1D,2D,3D2,4+1;. The minimum Gasteiger partial charge on any atom is -0.480 e. The van der Waals surface area contributed by atoms with Crippen molar-refractivity contribution < 1.29 is 15.4 Å². The summed E-state index contributed by atoms with van der Waals surface area (Å²) in [7, 11) is 0. The third-order valence-electron chi connectivity index (χ3n) is 0.857. The molecular formula is C6H15ClN4O2. The number of nitrogens with zero attached hydrogens (tertiary/aromatic N) is 1. The van der Waals surface area contributed by atoms with Crippen LogP contribution in [0.2, 0.25) is 0 Å². The summed E-state index contributed by atoms with van der Waals surface area (Å²) in [6.45, 7) is -2.56. The molecule has 0 rings (SSSR count). The van der Waals surface area contributed by atoms with Crippen molar-refractivity contribution in [2.45, 2.75) is 18.8 Å². The number of rotatable bonds is 5. The van der Waals surface area contributed by atoms with E-state index in [0.29, 0.717) is 0 Å². The molecule has 6 nitrogen and oxygen atoms in total. The van der Waals surface area contributed by atoms with Crippen LogP contribution in [0.1, 0.15) is 18.3 Å². The molecule has 0 aliphatic rings. The van der Waals surface area contributed by atoms with Crippen molar-refractivity contribution in [1.82, 2.24) is 0 Å². The van der Waals surface area contributed by atoms with Crippen LogP contribution in [0, 0.1) is 0 Å². The van der Waals surface area contributed by atoms with Crippen molar-refractivity contribution in [3.05, 3.63) is 0 Å². The topological polar surface area (TPSA) is 128 Å². The maximum Gasteiger partial charge on any atom is 0.320 e. The first-order valence-electron chi connectivity index (χ1n) is 5.18. The zero-order valence-corrected chi connectivity index (χ0v) is 7.49. The van der Waals surface area contributed by atoms with E-state index in [1.54, 1.807) is 0 Å². The molecule has 0 saturated carbocycles. The predicted octanol–water partition coefficient (Wildman–Crippen LogP) is -1.13. The summed E-state index contributed by atoms with van der Waals surface area (Å²) in [5, 5.41) is 8.51. The number of aliphatic imine (C=N–C) groups is 1. The summed E-state index contributed by atoms with van der Waals surface area (Å²) in [5.41, 5.74) is 15.0. The third-order valence-corrected chi connectivity index (χ3v) is 0.857. The summed E-state index contributed by atoms with van der Waals surface area (Å²) >= 11 is 0. The van der Waals surface area contributed by atoms with Gasteiger partial charge in [-0.25, -0.2) is 0 Å². The van der Waals surface area contributed by atoms with E-state index in [9.17, 15) is 4.79 Å². The molecule has 0 aromatic carbocycles. The lowest BCUT2D eigenvalue weighted by molar-refractivity contribution is -0.138. The van der Waals surface area contributed by atoms with E-state index < -0.39 is 37.3 Å². The number of guanidine groups is 1. The molecule has 13 heavy (non-hydrogen) atoms. The molecule has 0 heterocycles. The molecule has 0 radical (unpaired) electrons. The molecule has 0 aliphatic carbocycles. The van der Waals surface area contributed by atoms with Gasteiger partial charge in [-0.1, -0.05) is 0 Å². The van der Waals surface area contributed by atoms with Gasteiger partial charge < -0.3 is 22.3 Å². The molecule has 7 N–H and O–H groups in total. The first-order chi connectivity index (χ1) is 7.09. The zero-order chi connectivity index (χ0) is 13.1. The van der Waals surface area contributed by atoms with Crippen molar-refractivity contribution in [3.63, 3.8) is 0 Å². The van der Waals surface area contributed by atoms with Crippen LogP contribution in [-0.2, 0) is 4.79 Å². The minimum atomic E-state index is -2.56. The lowest BCUT2D eigenvalue weighted by atomic mass is 10.3. The Hall–Kier alpha value is -1.01. The molecule has 0 aromatic rings. The zero-order valence-electron chi connectivity index (χ0n) is 10.7. The van der Waals surface area contributed by atoms with Crippen LogP contribution in [0.25, 0.3) is 0 Å². The second-order valence-corrected chi connectivity index (χ2v) is 1.89. The van der Waals surface area contributed by atoms with Crippen LogP contribution >= 0.6 is 12.4 Å². The van der Waals surface area contributed by atoms with Crippen molar-refractivity contribution in [2.75, 3.05) is 6.50 Å². The highest BCUT2D eigenvalue weighted by atomic mass is 35.5. The highest BCUT2D eigenvalue weighted by Crippen LogP contribution is 1.94. The van der Waals surface area contributed by atoms with E-state index in [4.69, 9.17) is 27.8 Å². The van der Waals surface area contributed by atoms with Gasteiger partial charge in [-0.2, -0.15) is 0 Å². The summed E-state index contributed by atoms with van der Waals surface area (Å²) in [5.74, 6) is -2.07. The van der Waals surface area contributed by atoms with Crippen molar-refractivity contribution in [3.8, 4) is 0 Å². The van der Waals surface area contributed by atoms with Crippen LogP contribution in [0.15, 0.2) is 4.99 Å². The fourth-order valence-electron chi connectivity index (χ4n) is 0.341. The Bertz CT molecular complexity index is 300. The molecule has 0 bridgehead atoms. The second kappa shape index (κ2) is 7.63. The lowest BCUT2D eigenvalue weighted by Gasteiger charge is -2.03. The molecule has 7 heteroatoms. The fourth-order valence-corrected chi connectivity index (χ4v) is 0.341. The smallest absolute Gasteiger partial charge is 0.320 e. The maximum atomic E-state index is 10.5. The van der Waals surface area contributed by atoms with Crippen LogP contribution in [0.5, 0.6) is 0 Å². The van der Waals surface area contributed by atoms with Crippen molar-refractivity contribution >= 4 is 24.3 Å². The third kappa shape index (κ3) is 8.90. The van der Waals surface area contributed by atoms with Gasteiger partial charge in [0.2, 0.25) is 0 Å². The average molecular weight is 216 g/mol. The molecule has 0 aromatic heterocycles. The fraction of sp³-hybridized carbons (Fsp3) is 0.667. The van der Waals surface area contributed by atoms with E-state index in [-0.39, 0.29) is 12.4 Å². The van der Waals surface area contributed by atoms with E-state index in [2.05, 4.69) is 4.99 Å². The van der Waals surface area contributed by atoms with Gasteiger partial charge in [-0.15, -0.1) is 12.4 Å². The molecule has 0 aliphatic heterocycles. The van der Waals surface area contributed by atoms with E-state index in [0.717, 1.165) is 0 Å². The number of nitrogens with two attached hydrogens (primary N) is 3. The summed E-state index contributed by atoms with van der Waals surface area (Å²) in [6.07, 6.45) is -3.49. The van der Waals surface area contributed by atoms with Gasteiger partial charge in [0.05, 0.1) is 2.74 Å². The van der Waals surface area contributed by atoms with Gasteiger partial charge in [0.25, 0.3) is 0 Å². The molecule has 3 unspecified atom stereocenters. The molecule has 0 fully saturated rings.